The zero-order chi connectivity index (χ0) is 40.0. The number of aromatic nitrogens is 2. The normalized spacial score (nSPS) is 14.4. The average Bonchev–Trinajstić information content (AvgIpc) is 4.00. The molecular formula is C55H35N5O. The Bertz CT molecular complexity index is 3800. The number of rotatable bonds is 5. The van der Waals surface area contributed by atoms with Crippen molar-refractivity contribution >= 4 is 88.0 Å². The largest absolute Gasteiger partial charge is 0.455 e. The van der Waals surface area contributed by atoms with Crippen LogP contribution < -0.4 is 5.32 Å². The molecule has 6 heteroatoms. The second-order valence-corrected chi connectivity index (χ2v) is 15.7. The summed E-state index contributed by atoms with van der Waals surface area (Å²) in [5.41, 5.74) is 11.3. The Balaban J connectivity index is 1.12. The average molecular weight is 782 g/mol. The second kappa shape index (κ2) is 13.1. The molecule has 1 aliphatic rings. The second-order valence-electron chi connectivity index (χ2n) is 15.7. The highest BCUT2D eigenvalue weighted by Crippen LogP contribution is 2.43. The van der Waals surface area contributed by atoms with Gasteiger partial charge in [0.25, 0.3) is 0 Å². The van der Waals surface area contributed by atoms with Crippen molar-refractivity contribution in [3.63, 3.8) is 0 Å². The van der Waals surface area contributed by atoms with Gasteiger partial charge in [0, 0.05) is 60.1 Å². The van der Waals surface area contributed by atoms with Crippen molar-refractivity contribution < 1.29 is 4.42 Å². The number of fused-ring (bicyclic) bond motifs is 12. The molecule has 0 fully saturated rings. The summed E-state index contributed by atoms with van der Waals surface area (Å²) in [6, 6.07) is 70.7. The molecule has 286 valence electrons. The summed E-state index contributed by atoms with van der Waals surface area (Å²) in [5, 5.41) is 12.8. The maximum atomic E-state index is 6.66. The molecule has 1 aliphatic heterocycles. The third kappa shape index (κ3) is 5.03. The minimum Gasteiger partial charge on any atom is -0.455 e. The molecule has 3 aromatic heterocycles. The first-order chi connectivity index (χ1) is 30.3. The van der Waals surface area contributed by atoms with Crippen LogP contribution in [-0.2, 0) is 0 Å². The van der Waals surface area contributed by atoms with Crippen LogP contribution in [0.4, 0.5) is 0 Å². The van der Waals surface area contributed by atoms with E-state index >= 15 is 0 Å². The van der Waals surface area contributed by atoms with Gasteiger partial charge in [0.2, 0.25) is 0 Å². The number of hydrogen-bond acceptors (Lipinski definition) is 4. The Labute approximate surface area is 349 Å². The van der Waals surface area contributed by atoms with Crippen LogP contribution in [0.1, 0.15) is 22.9 Å². The zero-order valence-corrected chi connectivity index (χ0v) is 32.8. The Hall–Kier alpha value is -8.22. The van der Waals surface area contributed by atoms with Gasteiger partial charge in [0.05, 0.1) is 27.8 Å². The molecule has 0 amide bonds. The highest BCUT2D eigenvalue weighted by molar-refractivity contribution is 6.25. The molecular weight excluding hydrogens is 747 g/mol. The fourth-order valence-corrected chi connectivity index (χ4v) is 9.73. The Morgan fingerprint density at radius 3 is 1.85 bits per heavy atom. The van der Waals surface area contributed by atoms with E-state index in [1.165, 1.54) is 21.5 Å². The van der Waals surface area contributed by atoms with E-state index in [1.807, 2.05) is 18.2 Å². The van der Waals surface area contributed by atoms with Gasteiger partial charge >= 0.3 is 0 Å². The minimum absolute atomic E-state index is 0.477. The summed E-state index contributed by atoms with van der Waals surface area (Å²) >= 11 is 0. The lowest BCUT2D eigenvalue weighted by atomic mass is 9.98. The highest BCUT2D eigenvalue weighted by atomic mass is 16.3. The maximum Gasteiger partial charge on any atom is 0.161 e. The van der Waals surface area contributed by atoms with E-state index in [1.54, 1.807) is 0 Å². The van der Waals surface area contributed by atoms with Gasteiger partial charge < -0.3 is 18.9 Å². The molecule has 1 unspecified atom stereocenters. The summed E-state index contributed by atoms with van der Waals surface area (Å²) in [6.45, 7) is 0. The molecule has 0 bridgehead atoms. The number of aliphatic imine (C=N–C) groups is 2. The first kappa shape index (κ1) is 33.7. The predicted octanol–water partition coefficient (Wildman–Crippen LogP) is 13.4. The van der Waals surface area contributed by atoms with Crippen molar-refractivity contribution in [2.45, 2.75) is 6.17 Å². The summed E-state index contributed by atoms with van der Waals surface area (Å²) in [6.07, 6.45) is -0.477. The smallest absolute Gasteiger partial charge is 0.161 e. The zero-order valence-electron chi connectivity index (χ0n) is 32.8. The van der Waals surface area contributed by atoms with E-state index in [-0.39, 0.29) is 0 Å². The van der Waals surface area contributed by atoms with Crippen LogP contribution in [-0.4, -0.2) is 20.8 Å². The molecule has 1 N–H and O–H groups in total. The number of nitrogens with one attached hydrogen (secondary N) is 1. The topological polar surface area (TPSA) is 59.8 Å². The molecule has 6 nitrogen and oxygen atoms in total. The highest BCUT2D eigenvalue weighted by Gasteiger charge is 2.28. The summed E-state index contributed by atoms with van der Waals surface area (Å²) in [5.74, 6) is 1.40. The Morgan fingerprint density at radius 2 is 1.08 bits per heavy atom. The number of amidine groups is 2. The van der Waals surface area contributed by atoms with Crippen LogP contribution in [0.15, 0.2) is 215 Å². The standard InChI is InChI=1S/C55H35N5O/c1-3-17-34(18-4-1)53-56-54(58-55(57-53)44-33-35-19-7-8-22-37(35)52-49(44)43-26-12-16-30-48(43)61-52)42-25-11-15-29-47(42)60-46-28-14-10-24-39(46)41-32-31-40-38-23-9-13-27-45(38)59(50(40)51(41)60)36-20-5-2-6-21-36/h1-33,55H,(H,56,57,58). The van der Waals surface area contributed by atoms with Crippen molar-refractivity contribution in [2.75, 3.05) is 0 Å². The van der Waals surface area contributed by atoms with Crippen LogP contribution in [0.5, 0.6) is 0 Å². The van der Waals surface area contributed by atoms with Gasteiger partial charge in [0.15, 0.2) is 5.84 Å². The first-order valence-electron chi connectivity index (χ1n) is 20.7. The predicted molar refractivity (Wildman–Crippen MR) is 252 cm³/mol. The van der Waals surface area contributed by atoms with Crippen LogP contribution in [0.2, 0.25) is 0 Å². The van der Waals surface area contributed by atoms with E-state index in [0.29, 0.717) is 5.84 Å². The van der Waals surface area contributed by atoms with Gasteiger partial charge in [-0.2, -0.15) is 0 Å². The summed E-state index contributed by atoms with van der Waals surface area (Å²) in [4.78, 5) is 11.0. The van der Waals surface area contributed by atoms with Gasteiger partial charge in [-0.1, -0.05) is 152 Å². The molecule has 13 rings (SSSR count). The molecule has 4 heterocycles. The molecule has 1 atom stereocenters. The molecule has 12 aromatic rings. The lowest BCUT2D eigenvalue weighted by molar-refractivity contribution is 0.666. The number of furan rings is 1. The molecule has 0 radical (unpaired) electrons. The van der Waals surface area contributed by atoms with Crippen LogP contribution >= 0.6 is 0 Å². The molecule has 0 saturated carbocycles. The number of nitrogens with zero attached hydrogens (tertiary/aromatic N) is 4. The van der Waals surface area contributed by atoms with Crippen molar-refractivity contribution in [3.05, 3.63) is 217 Å². The first-order valence-corrected chi connectivity index (χ1v) is 20.7. The fourth-order valence-electron chi connectivity index (χ4n) is 9.73. The van der Waals surface area contributed by atoms with E-state index in [2.05, 4.69) is 196 Å². The lowest BCUT2D eigenvalue weighted by Crippen LogP contribution is -2.33. The maximum absolute atomic E-state index is 6.66. The minimum atomic E-state index is -0.477. The molecule has 0 spiro atoms. The van der Waals surface area contributed by atoms with Gasteiger partial charge in [-0.05, 0) is 53.9 Å². The summed E-state index contributed by atoms with van der Waals surface area (Å²) in [7, 11) is 0. The molecule has 0 aliphatic carbocycles. The van der Waals surface area contributed by atoms with Crippen LogP contribution in [0.25, 0.3) is 87.7 Å². The fraction of sp³-hybridized carbons (Fsp3) is 0.0182. The van der Waals surface area contributed by atoms with E-state index < -0.39 is 6.17 Å². The lowest BCUT2D eigenvalue weighted by Gasteiger charge is -2.25. The van der Waals surface area contributed by atoms with Gasteiger partial charge in [-0.25, -0.2) is 9.98 Å². The van der Waals surface area contributed by atoms with Crippen molar-refractivity contribution in [3.8, 4) is 11.4 Å². The van der Waals surface area contributed by atoms with Crippen molar-refractivity contribution in [2.24, 2.45) is 9.98 Å². The SMILES string of the molecule is c1ccc(C2=NC(c3ccccc3-n3c4ccccc4c4ccc5c6ccccc6n(-c6ccccc6)c5c43)=NC(c3cc4ccccc4c4oc5ccccc5c34)N2)cc1. The van der Waals surface area contributed by atoms with Crippen molar-refractivity contribution in [1.82, 2.24) is 14.5 Å². The van der Waals surface area contributed by atoms with E-state index in [4.69, 9.17) is 14.4 Å². The number of para-hydroxylation sites is 5. The van der Waals surface area contributed by atoms with Gasteiger partial charge in [0.1, 0.15) is 23.2 Å². The Kier molecular flexibility index (Phi) is 7.27. The van der Waals surface area contributed by atoms with Crippen LogP contribution in [0, 0.1) is 0 Å². The molecule has 0 saturated heterocycles. The monoisotopic (exact) mass is 781 g/mol. The van der Waals surface area contributed by atoms with E-state index in [9.17, 15) is 0 Å². The number of hydrogen-bond donors (Lipinski definition) is 1. The Morgan fingerprint density at radius 1 is 0.492 bits per heavy atom. The molecule has 61 heavy (non-hydrogen) atoms. The quantitative estimate of drug-likeness (QED) is 0.189. The van der Waals surface area contributed by atoms with Crippen LogP contribution in [0.3, 0.4) is 0 Å². The summed E-state index contributed by atoms with van der Waals surface area (Å²) < 4.78 is 11.5. The van der Waals surface area contributed by atoms with Gasteiger partial charge in [-0.15, -0.1) is 0 Å². The van der Waals surface area contributed by atoms with E-state index in [0.717, 1.165) is 88.7 Å². The molecule has 9 aromatic carbocycles. The third-order valence-corrected chi connectivity index (χ3v) is 12.4. The van der Waals surface area contributed by atoms with Crippen molar-refractivity contribution in [1.29, 1.82) is 0 Å². The van der Waals surface area contributed by atoms with Gasteiger partial charge in [-0.3, -0.25) is 0 Å². The number of benzene rings is 9. The third-order valence-electron chi connectivity index (χ3n) is 12.4.